The number of ether oxygens (including phenoxy) is 1. The third kappa shape index (κ3) is 5.72. The minimum absolute atomic E-state index is 0.0942. The molecule has 6 nitrogen and oxygen atoms in total. The van der Waals surface area contributed by atoms with Crippen LogP contribution in [0.1, 0.15) is 31.1 Å². The maximum atomic E-state index is 12.6. The van der Waals surface area contributed by atoms with Crippen molar-refractivity contribution in [1.29, 1.82) is 0 Å². The summed E-state index contributed by atoms with van der Waals surface area (Å²) >= 11 is 0. The van der Waals surface area contributed by atoms with E-state index in [1.165, 1.54) is 0 Å². The largest absolute Gasteiger partial charge is 0.372 e. The van der Waals surface area contributed by atoms with E-state index in [1.54, 1.807) is 6.20 Å². The molecule has 3 atom stereocenters. The van der Waals surface area contributed by atoms with Gasteiger partial charge in [-0.1, -0.05) is 36.4 Å². The lowest BCUT2D eigenvalue weighted by Gasteiger charge is -2.36. The summed E-state index contributed by atoms with van der Waals surface area (Å²) < 4.78 is 5.81. The van der Waals surface area contributed by atoms with E-state index in [0.717, 1.165) is 35.7 Å². The molecule has 2 N–H and O–H groups in total. The minimum atomic E-state index is -0.157. The lowest BCUT2D eigenvalue weighted by molar-refractivity contribution is -0.115. The van der Waals surface area contributed by atoms with Gasteiger partial charge in [0.05, 0.1) is 30.5 Å². The van der Waals surface area contributed by atoms with Gasteiger partial charge in [-0.15, -0.1) is 0 Å². The van der Waals surface area contributed by atoms with Crippen LogP contribution in [0.15, 0.2) is 79.0 Å². The minimum Gasteiger partial charge on any atom is -0.372 e. The molecule has 1 aliphatic rings. The summed E-state index contributed by atoms with van der Waals surface area (Å²) in [7, 11) is 0. The number of carbonyl (C=O) groups is 1. The van der Waals surface area contributed by atoms with E-state index in [-0.39, 0.29) is 30.7 Å². The number of benzene rings is 2. The zero-order valence-electron chi connectivity index (χ0n) is 18.6. The first kappa shape index (κ1) is 22.0. The molecule has 6 heteroatoms. The van der Waals surface area contributed by atoms with E-state index in [1.807, 2.05) is 60.7 Å². The molecule has 1 fully saturated rings. The normalized spacial score (nSPS) is 19.4. The Labute approximate surface area is 189 Å². The molecule has 2 aromatic carbocycles. The highest BCUT2D eigenvalue weighted by Crippen LogP contribution is 2.23. The molecule has 0 bridgehead atoms. The van der Waals surface area contributed by atoms with Gasteiger partial charge < -0.3 is 15.0 Å². The molecule has 0 radical (unpaired) electrons. The number of hydrogen-bond donors (Lipinski definition) is 2. The van der Waals surface area contributed by atoms with Crippen molar-refractivity contribution in [3.63, 3.8) is 0 Å². The fourth-order valence-corrected chi connectivity index (χ4v) is 4.13. The molecule has 1 amide bonds. The number of anilines is 2. The summed E-state index contributed by atoms with van der Waals surface area (Å²) in [6.07, 6.45) is 2.19. The number of hydrogen-bond acceptors (Lipinski definition) is 5. The Balaban J connectivity index is 1.36. The van der Waals surface area contributed by atoms with E-state index >= 15 is 0 Å². The zero-order chi connectivity index (χ0) is 22.3. The first-order valence-electron chi connectivity index (χ1n) is 11.1. The van der Waals surface area contributed by atoms with Crippen molar-refractivity contribution in [2.45, 2.75) is 32.1 Å². The van der Waals surface area contributed by atoms with Gasteiger partial charge in [-0.2, -0.15) is 0 Å². The SMILES string of the molecule is CC1CN(c2ccc(NC(=O)CNC(c3ccccc3)c3ccccn3)cc2)CC(C)O1. The summed E-state index contributed by atoms with van der Waals surface area (Å²) in [5.41, 5.74) is 3.87. The number of amides is 1. The molecule has 2 heterocycles. The van der Waals surface area contributed by atoms with Crippen molar-refractivity contribution in [2.24, 2.45) is 0 Å². The van der Waals surface area contributed by atoms with Crippen LogP contribution in [0, 0.1) is 0 Å². The highest BCUT2D eigenvalue weighted by molar-refractivity contribution is 5.92. The van der Waals surface area contributed by atoms with Crippen molar-refractivity contribution in [1.82, 2.24) is 10.3 Å². The molecule has 32 heavy (non-hydrogen) atoms. The van der Waals surface area contributed by atoms with Crippen LogP contribution in [-0.4, -0.2) is 42.7 Å². The quantitative estimate of drug-likeness (QED) is 0.593. The van der Waals surface area contributed by atoms with Gasteiger partial charge in [0.15, 0.2) is 0 Å². The van der Waals surface area contributed by atoms with Gasteiger partial charge in [0, 0.05) is 30.7 Å². The maximum absolute atomic E-state index is 12.6. The van der Waals surface area contributed by atoms with E-state index in [2.05, 4.69) is 46.5 Å². The van der Waals surface area contributed by atoms with Crippen LogP contribution in [0.3, 0.4) is 0 Å². The van der Waals surface area contributed by atoms with Crippen LogP contribution >= 0.6 is 0 Å². The number of nitrogens with zero attached hydrogens (tertiary/aromatic N) is 2. The second-order valence-electron chi connectivity index (χ2n) is 8.24. The Morgan fingerprint density at radius 3 is 2.34 bits per heavy atom. The number of aromatic nitrogens is 1. The van der Waals surface area contributed by atoms with Crippen molar-refractivity contribution < 1.29 is 9.53 Å². The fraction of sp³-hybridized carbons (Fsp3) is 0.308. The van der Waals surface area contributed by atoms with Crippen molar-refractivity contribution in [3.8, 4) is 0 Å². The predicted octanol–water partition coefficient (Wildman–Crippen LogP) is 4.01. The lowest BCUT2D eigenvalue weighted by Crippen LogP contribution is -2.45. The number of morpholine rings is 1. The third-order valence-electron chi connectivity index (χ3n) is 5.52. The summed E-state index contributed by atoms with van der Waals surface area (Å²) in [5, 5.41) is 6.33. The standard InChI is InChI=1S/C26H30N4O2/c1-19-17-30(18-20(2)32-19)23-13-11-22(12-14-23)29-25(31)16-28-26(21-8-4-3-5-9-21)24-10-6-7-15-27-24/h3-15,19-20,26,28H,16-18H2,1-2H3,(H,29,31). The van der Waals surface area contributed by atoms with Gasteiger partial charge in [0.1, 0.15) is 0 Å². The molecular formula is C26H30N4O2. The molecule has 0 spiro atoms. The Morgan fingerprint density at radius 1 is 1.00 bits per heavy atom. The van der Waals surface area contributed by atoms with Crippen LogP contribution < -0.4 is 15.5 Å². The second-order valence-corrected chi connectivity index (χ2v) is 8.24. The van der Waals surface area contributed by atoms with Crippen molar-refractivity contribution >= 4 is 17.3 Å². The van der Waals surface area contributed by atoms with Crippen LogP contribution in [0.5, 0.6) is 0 Å². The Bertz CT molecular complexity index is 946. The van der Waals surface area contributed by atoms with Crippen LogP contribution in [0.25, 0.3) is 0 Å². The number of rotatable bonds is 7. The van der Waals surface area contributed by atoms with Gasteiger partial charge in [-0.3, -0.25) is 15.1 Å². The Hall–Kier alpha value is -3.22. The number of pyridine rings is 1. The summed E-state index contributed by atoms with van der Waals surface area (Å²) in [6, 6.07) is 23.7. The van der Waals surface area contributed by atoms with Crippen LogP contribution in [0.2, 0.25) is 0 Å². The van der Waals surface area contributed by atoms with E-state index in [9.17, 15) is 4.79 Å². The average molecular weight is 431 g/mol. The van der Waals surface area contributed by atoms with Gasteiger partial charge >= 0.3 is 0 Å². The van der Waals surface area contributed by atoms with Gasteiger partial charge in [-0.05, 0) is 55.8 Å². The molecular weight excluding hydrogens is 400 g/mol. The monoisotopic (exact) mass is 430 g/mol. The summed E-state index contributed by atoms with van der Waals surface area (Å²) in [5.74, 6) is -0.0942. The second kappa shape index (κ2) is 10.4. The van der Waals surface area contributed by atoms with E-state index in [4.69, 9.17) is 4.74 Å². The van der Waals surface area contributed by atoms with E-state index < -0.39 is 0 Å². The molecule has 3 unspecified atom stereocenters. The summed E-state index contributed by atoms with van der Waals surface area (Å²) in [4.78, 5) is 19.4. The highest BCUT2D eigenvalue weighted by Gasteiger charge is 2.22. The molecule has 1 aromatic heterocycles. The maximum Gasteiger partial charge on any atom is 0.238 e. The topological polar surface area (TPSA) is 66.5 Å². The average Bonchev–Trinajstić information content (AvgIpc) is 2.80. The highest BCUT2D eigenvalue weighted by atomic mass is 16.5. The van der Waals surface area contributed by atoms with Gasteiger partial charge in [0.25, 0.3) is 0 Å². The van der Waals surface area contributed by atoms with Crippen molar-refractivity contribution in [3.05, 3.63) is 90.3 Å². The van der Waals surface area contributed by atoms with E-state index in [0.29, 0.717) is 0 Å². The van der Waals surface area contributed by atoms with Gasteiger partial charge in [-0.25, -0.2) is 0 Å². The molecule has 166 valence electrons. The molecule has 4 rings (SSSR count). The molecule has 3 aromatic rings. The van der Waals surface area contributed by atoms with Crippen LogP contribution in [-0.2, 0) is 9.53 Å². The Morgan fingerprint density at radius 2 is 1.69 bits per heavy atom. The smallest absolute Gasteiger partial charge is 0.238 e. The summed E-state index contributed by atoms with van der Waals surface area (Å²) in [6.45, 7) is 6.11. The number of nitrogens with one attached hydrogen (secondary N) is 2. The molecule has 0 aliphatic carbocycles. The Kier molecular flexibility index (Phi) is 7.14. The zero-order valence-corrected chi connectivity index (χ0v) is 18.6. The molecule has 1 saturated heterocycles. The van der Waals surface area contributed by atoms with Gasteiger partial charge in [0.2, 0.25) is 5.91 Å². The first-order valence-corrected chi connectivity index (χ1v) is 11.1. The third-order valence-corrected chi connectivity index (χ3v) is 5.52. The van der Waals surface area contributed by atoms with Crippen LogP contribution in [0.4, 0.5) is 11.4 Å². The number of carbonyl (C=O) groups excluding carboxylic acids is 1. The molecule has 1 aliphatic heterocycles. The van der Waals surface area contributed by atoms with Crippen molar-refractivity contribution in [2.75, 3.05) is 29.9 Å². The fourth-order valence-electron chi connectivity index (χ4n) is 4.13. The molecule has 0 saturated carbocycles. The lowest BCUT2D eigenvalue weighted by atomic mass is 10.0. The predicted molar refractivity (Wildman–Crippen MR) is 128 cm³/mol. The first-order chi connectivity index (χ1) is 15.6.